The van der Waals surface area contributed by atoms with E-state index in [2.05, 4.69) is 25.4 Å². The van der Waals surface area contributed by atoms with Gasteiger partial charge in [0.15, 0.2) is 11.8 Å². The number of carboxylic acid groups (broad SMARTS) is 1. The highest BCUT2D eigenvalue weighted by atomic mass is 32.1. The van der Waals surface area contributed by atoms with Crippen LogP contribution < -0.4 is 0 Å². The molecule has 168 valence electrons. The number of carbonyl (C=O) groups is 3. The van der Waals surface area contributed by atoms with Gasteiger partial charge in [-0.1, -0.05) is 46.3 Å². The van der Waals surface area contributed by atoms with Crippen LogP contribution in [0.3, 0.4) is 0 Å². The van der Waals surface area contributed by atoms with Gasteiger partial charge in [-0.15, -0.1) is 11.3 Å². The van der Waals surface area contributed by atoms with E-state index in [1.165, 1.54) is 12.3 Å². The van der Waals surface area contributed by atoms with Crippen LogP contribution in [-0.2, 0) is 14.3 Å². The predicted molar refractivity (Wildman–Crippen MR) is 117 cm³/mol. The van der Waals surface area contributed by atoms with Gasteiger partial charge in [-0.3, -0.25) is 9.59 Å². The lowest BCUT2D eigenvalue weighted by Crippen LogP contribution is -2.46. The van der Waals surface area contributed by atoms with E-state index in [0.717, 1.165) is 29.8 Å². The highest BCUT2D eigenvalue weighted by Crippen LogP contribution is 2.31. The van der Waals surface area contributed by atoms with Crippen molar-refractivity contribution in [2.75, 3.05) is 6.54 Å². The van der Waals surface area contributed by atoms with E-state index in [9.17, 15) is 14.4 Å². The average molecular weight is 439 g/mol. The molecule has 0 bridgehead atoms. The Morgan fingerprint density at radius 3 is 2.33 bits per heavy atom. The largest absolute Gasteiger partial charge is 0.476 e. The van der Waals surface area contributed by atoms with Crippen LogP contribution in [0.1, 0.15) is 82.4 Å². The first-order valence-corrected chi connectivity index (χ1v) is 11.2. The van der Waals surface area contributed by atoms with Crippen molar-refractivity contribution >= 4 is 29.2 Å². The molecule has 1 N–H and O–H groups in total. The fourth-order valence-corrected chi connectivity index (χ4v) is 4.08. The molecule has 30 heavy (non-hydrogen) atoms. The van der Waals surface area contributed by atoms with Crippen molar-refractivity contribution in [2.45, 2.75) is 73.0 Å². The number of nitrogens with zero attached hydrogens (tertiary/aromatic N) is 2. The molecule has 0 radical (unpaired) electrons. The van der Waals surface area contributed by atoms with E-state index in [4.69, 9.17) is 9.84 Å². The summed E-state index contributed by atoms with van der Waals surface area (Å²) in [6.07, 6.45) is 1.20. The number of amides is 1. The molecule has 1 heterocycles. The van der Waals surface area contributed by atoms with E-state index in [-0.39, 0.29) is 35.9 Å². The summed E-state index contributed by atoms with van der Waals surface area (Å²) in [5, 5.41) is 11.0. The highest BCUT2D eigenvalue weighted by molar-refractivity contribution is 7.09. The Kier molecular flexibility index (Phi) is 10.2. The summed E-state index contributed by atoms with van der Waals surface area (Å²) in [7, 11) is 0. The Morgan fingerprint density at radius 2 is 1.90 bits per heavy atom. The fraction of sp³-hybridized carbons (Fsp3) is 0.636. The summed E-state index contributed by atoms with van der Waals surface area (Å²) in [5.74, 6) is -1.49. The van der Waals surface area contributed by atoms with Crippen LogP contribution >= 0.6 is 11.3 Å². The van der Waals surface area contributed by atoms with Crippen LogP contribution in [0.5, 0.6) is 0 Å². The molecule has 0 saturated heterocycles. The highest BCUT2D eigenvalue weighted by Gasteiger charge is 2.33. The normalized spacial score (nSPS) is 15.0. The van der Waals surface area contributed by atoms with Crippen LogP contribution in [-0.4, -0.2) is 45.4 Å². The molecule has 1 aromatic rings. The minimum absolute atomic E-state index is 0.0474. The van der Waals surface area contributed by atoms with Gasteiger partial charge in [0.1, 0.15) is 5.01 Å². The van der Waals surface area contributed by atoms with Gasteiger partial charge in [-0.05, 0) is 19.3 Å². The third-order valence-electron chi connectivity index (χ3n) is 5.34. The van der Waals surface area contributed by atoms with Crippen molar-refractivity contribution < 1.29 is 24.2 Å². The maximum absolute atomic E-state index is 13.3. The van der Waals surface area contributed by atoms with Crippen LogP contribution in [0.4, 0.5) is 0 Å². The molecule has 0 fully saturated rings. The van der Waals surface area contributed by atoms with Gasteiger partial charge in [-0.2, -0.15) is 0 Å². The number of aromatic carboxylic acids is 1. The van der Waals surface area contributed by atoms with Crippen molar-refractivity contribution in [2.24, 2.45) is 11.8 Å². The summed E-state index contributed by atoms with van der Waals surface area (Å²) in [6, 6.07) is -0.356. The zero-order valence-corrected chi connectivity index (χ0v) is 19.6. The van der Waals surface area contributed by atoms with E-state index in [1.807, 2.05) is 25.7 Å². The zero-order chi connectivity index (χ0) is 23.0. The minimum atomic E-state index is -1.14. The molecule has 0 unspecified atom stereocenters. The van der Waals surface area contributed by atoms with Gasteiger partial charge < -0.3 is 14.7 Å². The van der Waals surface area contributed by atoms with E-state index < -0.39 is 18.0 Å². The Hall–Kier alpha value is -2.22. The number of carboxylic acids is 1. The second kappa shape index (κ2) is 11.8. The minimum Gasteiger partial charge on any atom is -0.476 e. The van der Waals surface area contributed by atoms with Crippen LogP contribution in [0.25, 0.3) is 0 Å². The Balaban J connectivity index is 3.26. The molecule has 1 amide bonds. The number of carbonyl (C=O) groups excluding carboxylic acids is 2. The predicted octanol–water partition coefficient (Wildman–Crippen LogP) is 4.70. The molecule has 0 spiro atoms. The third-order valence-corrected chi connectivity index (χ3v) is 6.28. The Bertz CT molecular complexity index is 760. The quantitative estimate of drug-likeness (QED) is 0.375. The number of aromatic nitrogens is 1. The molecule has 8 heteroatoms. The summed E-state index contributed by atoms with van der Waals surface area (Å²) < 4.78 is 5.48. The van der Waals surface area contributed by atoms with E-state index >= 15 is 0 Å². The van der Waals surface area contributed by atoms with E-state index in [0.29, 0.717) is 11.6 Å². The molecule has 4 atom stereocenters. The lowest BCUT2D eigenvalue weighted by molar-refractivity contribution is -0.148. The zero-order valence-electron chi connectivity index (χ0n) is 18.8. The van der Waals surface area contributed by atoms with Crippen LogP contribution in [0, 0.1) is 11.8 Å². The topological polar surface area (TPSA) is 96.8 Å². The summed E-state index contributed by atoms with van der Waals surface area (Å²) in [5.41, 5.74) is 0.686. The van der Waals surface area contributed by atoms with Crippen molar-refractivity contribution in [3.05, 3.63) is 28.2 Å². The van der Waals surface area contributed by atoms with Crippen molar-refractivity contribution in [3.63, 3.8) is 0 Å². The smallest absolute Gasteiger partial charge is 0.355 e. The lowest BCUT2D eigenvalue weighted by Gasteiger charge is -2.36. The maximum Gasteiger partial charge on any atom is 0.355 e. The molecule has 0 aromatic carbocycles. The molecule has 0 aliphatic heterocycles. The Labute approximate surface area is 183 Å². The second-order valence-corrected chi connectivity index (χ2v) is 8.67. The standard InChI is InChI=1S/C22H34N2O5S/c1-8-10-24(21(26)15(6)14(5)9-2)18(13(3)4)11-19(29-16(7)25)20-23-17(12-30-20)22(27)28/h12,14-15,18-19H,3,8-11H2,1-2,4-7H3,(H,27,28)/t14-,15-,18+,19+/m0/s1. The molecule has 1 rings (SSSR count). The van der Waals surface area contributed by atoms with Gasteiger partial charge in [0.05, 0.1) is 6.04 Å². The molecule has 1 aromatic heterocycles. The maximum atomic E-state index is 13.3. The van der Waals surface area contributed by atoms with Gasteiger partial charge in [-0.25, -0.2) is 9.78 Å². The number of rotatable bonds is 12. The van der Waals surface area contributed by atoms with Crippen LogP contribution in [0.15, 0.2) is 17.5 Å². The average Bonchev–Trinajstić information content (AvgIpc) is 3.18. The molecular weight excluding hydrogens is 404 g/mol. The lowest BCUT2D eigenvalue weighted by atomic mass is 9.90. The molecule has 0 saturated carbocycles. The van der Waals surface area contributed by atoms with Gasteiger partial charge in [0, 0.05) is 31.2 Å². The number of hydrogen-bond acceptors (Lipinski definition) is 6. The molecule has 0 aliphatic carbocycles. The van der Waals surface area contributed by atoms with Gasteiger partial charge in [0.25, 0.3) is 0 Å². The SMILES string of the molecule is C=C(C)[C@@H](C[C@@H](OC(C)=O)c1nc(C(=O)O)cs1)N(CCC)C(=O)[C@@H](C)[C@@H](C)CC. The number of hydrogen-bond donors (Lipinski definition) is 1. The van der Waals surface area contributed by atoms with Gasteiger partial charge in [0.2, 0.25) is 5.91 Å². The first-order chi connectivity index (χ1) is 14.0. The molecule has 7 nitrogen and oxygen atoms in total. The first kappa shape index (κ1) is 25.8. The van der Waals surface area contributed by atoms with Crippen molar-refractivity contribution in [3.8, 4) is 0 Å². The third kappa shape index (κ3) is 6.93. The number of esters is 1. The second-order valence-electron chi connectivity index (χ2n) is 7.78. The molecule has 0 aliphatic rings. The van der Waals surface area contributed by atoms with Crippen LogP contribution in [0.2, 0.25) is 0 Å². The fourth-order valence-electron chi connectivity index (χ4n) is 3.25. The Morgan fingerprint density at radius 1 is 1.27 bits per heavy atom. The van der Waals surface area contributed by atoms with Crippen molar-refractivity contribution in [1.82, 2.24) is 9.88 Å². The summed E-state index contributed by atoms with van der Waals surface area (Å²) in [4.78, 5) is 42.2. The number of thiazole rings is 1. The first-order valence-electron chi connectivity index (χ1n) is 10.3. The molecular formula is C22H34N2O5S. The van der Waals surface area contributed by atoms with Gasteiger partial charge >= 0.3 is 11.9 Å². The summed E-state index contributed by atoms with van der Waals surface area (Å²) >= 11 is 1.13. The monoisotopic (exact) mass is 438 g/mol. The summed E-state index contributed by atoms with van der Waals surface area (Å²) in [6.45, 7) is 15.9. The van der Waals surface area contributed by atoms with Crippen molar-refractivity contribution in [1.29, 1.82) is 0 Å². The number of ether oxygens (including phenoxy) is 1. The van der Waals surface area contributed by atoms with E-state index in [1.54, 1.807) is 0 Å².